The number of nitrogen functional groups attached to an aromatic ring is 1. The van der Waals surface area contributed by atoms with Crippen LogP contribution in [0.4, 0.5) is 5.69 Å². The highest BCUT2D eigenvalue weighted by Gasteiger charge is 2.12. The zero-order valence-corrected chi connectivity index (χ0v) is 9.43. The van der Waals surface area contributed by atoms with E-state index in [2.05, 4.69) is 9.98 Å². The van der Waals surface area contributed by atoms with Crippen LogP contribution in [-0.2, 0) is 6.42 Å². The number of nitrogens with zero attached hydrogens (tertiary/aromatic N) is 2. The van der Waals surface area contributed by atoms with Gasteiger partial charge in [0.1, 0.15) is 0 Å². The lowest BCUT2D eigenvalue weighted by Crippen LogP contribution is -2.08. The molecular formula is C14H13N3. The Balaban J connectivity index is 2.16. The lowest BCUT2D eigenvalue weighted by atomic mass is 10.0. The molecule has 17 heavy (non-hydrogen) atoms. The number of benzene rings is 1. The quantitative estimate of drug-likeness (QED) is 0.806. The van der Waals surface area contributed by atoms with Crippen LogP contribution < -0.4 is 5.73 Å². The monoisotopic (exact) mass is 223 g/mol. The highest BCUT2D eigenvalue weighted by atomic mass is 14.8. The Morgan fingerprint density at radius 1 is 1.12 bits per heavy atom. The molecule has 0 unspecified atom stereocenters. The Kier molecular flexibility index (Phi) is 2.37. The van der Waals surface area contributed by atoms with Crippen LogP contribution in [0.2, 0.25) is 0 Å². The molecular weight excluding hydrogens is 210 g/mol. The minimum Gasteiger partial charge on any atom is -0.397 e. The Bertz CT molecular complexity index is 574. The average Bonchev–Trinajstić information content (AvgIpc) is 2.39. The van der Waals surface area contributed by atoms with Crippen LogP contribution in [0.5, 0.6) is 0 Å². The predicted octanol–water partition coefficient (Wildman–Crippen LogP) is 2.31. The summed E-state index contributed by atoms with van der Waals surface area (Å²) in [6.07, 6.45) is 2.77. The van der Waals surface area contributed by atoms with Gasteiger partial charge in [0.2, 0.25) is 0 Å². The van der Waals surface area contributed by atoms with Gasteiger partial charge in [0, 0.05) is 18.3 Å². The number of fused-ring (bicyclic) bond motifs is 1. The van der Waals surface area contributed by atoms with E-state index in [4.69, 9.17) is 5.73 Å². The Hall–Kier alpha value is -2.16. The molecule has 3 rings (SSSR count). The number of aromatic nitrogens is 1. The Morgan fingerprint density at radius 2 is 1.94 bits per heavy atom. The fourth-order valence-corrected chi connectivity index (χ4v) is 2.06. The zero-order valence-electron chi connectivity index (χ0n) is 9.43. The number of pyridine rings is 1. The molecule has 0 atom stereocenters. The van der Waals surface area contributed by atoms with Gasteiger partial charge >= 0.3 is 0 Å². The van der Waals surface area contributed by atoms with Crippen LogP contribution in [-0.4, -0.2) is 17.7 Å². The molecule has 2 N–H and O–H groups in total. The van der Waals surface area contributed by atoms with E-state index in [1.165, 1.54) is 5.56 Å². The summed E-state index contributed by atoms with van der Waals surface area (Å²) >= 11 is 0. The van der Waals surface area contributed by atoms with Gasteiger partial charge in [0.25, 0.3) is 0 Å². The second kappa shape index (κ2) is 4.01. The third-order valence-corrected chi connectivity index (χ3v) is 2.94. The molecule has 0 fully saturated rings. The first-order valence-electron chi connectivity index (χ1n) is 5.69. The van der Waals surface area contributed by atoms with Crippen molar-refractivity contribution in [2.24, 2.45) is 4.99 Å². The number of rotatable bonds is 1. The number of hydrogen-bond donors (Lipinski definition) is 1. The molecule has 3 heteroatoms. The van der Waals surface area contributed by atoms with Crippen molar-refractivity contribution in [1.29, 1.82) is 0 Å². The van der Waals surface area contributed by atoms with E-state index >= 15 is 0 Å². The van der Waals surface area contributed by atoms with Gasteiger partial charge in [0.05, 0.1) is 17.1 Å². The molecule has 0 bridgehead atoms. The Morgan fingerprint density at radius 3 is 2.76 bits per heavy atom. The molecule has 0 aliphatic carbocycles. The predicted molar refractivity (Wildman–Crippen MR) is 70.3 cm³/mol. The summed E-state index contributed by atoms with van der Waals surface area (Å²) in [5.41, 5.74) is 10.8. The minimum atomic E-state index is 0.741. The van der Waals surface area contributed by atoms with Crippen LogP contribution in [0, 0.1) is 0 Å². The lowest BCUT2D eigenvalue weighted by Gasteiger charge is -2.13. The smallest absolute Gasteiger partial charge is 0.0939 e. The third-order valence-electron chi connectivity index (χ3n) is 2.94. The van der Waals surface area contributed by atoms with Crippen LogP contribution >= 0.6 is 0 Å². The highest BCUT2D eigenvalue weighted by molar-refractivity contribution is 5.84. The molecule has 1 aromatic carbocycles. The highest BCUT2D eigenvalue weighted by Crippen LogP contribution is 2.26. The van der Waals surface area contributed by atoms with Crippen molar-refractivity contribution in [2.75, 3.05) is 12.3 Å². The maximum atomic E-state index is 6.07. The number of hydrogen-bond acceptors (Lipinski definition) is 3. The number of anilines is 1. The van der Waals surface area contributed by atoms with Crippen LogP contribution in [0.15, 0.2) is 41.4 Å². The van der Waals surface area contributed by atoms with Crippen LogP contribution in [0.3, 0.4) is 0 Å². The molecule has 0 spiro atoms. The van der Waals surface area contributed by atoms with Gasteiger partial charge in [0.15, 0.2) is 0 Å². The van der Waals surface area contributed by atoms with Crippen molar-refractivity contribution >= 4 is 11.9 Å². The van der Waals surface area contributed by atoms with Crippen molar-refractivity contribution < 1.29 is 0 Å². The van der Waals surface area contributed by atoms with Gasteiger partial charge in [-0.25, -0.2) is 4.98 Å². The molecule has 0 saturated carbocycles. The summed E-state index contributed by atoms with van der Waals surface area (Å²) in [5, 5.41) is 0. The van der Waals surface area contributed by atoms with Crippen LogP contribution in [0.25, 0.3) is 11.3 Å². The molecule has 2 heterocycles. The summed E-state index contributed by atoms with van der Waals surface area (Å²) in [4.78, 5) is 8.86. The molecule has 2 aromatic rings. The number of nitrogens with two attached hydrogens (primary N) is 1. The first-order valence-corrected chi connectivity index (χ1v) is 5.69. The van der Waals surface area contributed by atoms with E-state index in [1.807, 2.05) is 42.6 Å². The van der Waals surface area contributed by atoms with Gasteiger partial charge in [-0.05, 0) is 18.1 Å². The van der Waals surface area contributed by atoms with Gasteiger partial charge in [-0.1, -0.05) is 30.3 Å². The molecule has 1 aliphatic rings. The third kappa shape index (κ3) is 1.80. The summed E-state index contributed by atoms with van der Waals surface area (Å²) in [6.45, 7) is 0.832. The molecule has 0 amide bonds. The van der Waals surface area contributed by atoms with E-state index in [0.717, 1.165) is 35.6 Å². The summed E-state index contributed by atoms with van der Waals surface area (Å²) < 4.78 is 0. The van der Waals surface area contributed by atoms with Gasteiger partial charge < -0.3 is 5.73 Å². The standard InChI is InChI=1S/C14H13N3/c15-12-8-11-6-7-16-9-13(11)17-14(12)10-4-2-1-3-5-10/h1-5,8-9H,6-7,15H2. The first-order chi connectivity index (χ1) is 8.34. The Labute approximate surface area is 100 Å². The second-order valence-corrected chi connectivity index (χ2v) is 4.12. The van der Waals surface area contributed by atoms with E-state index < -0.39 is 0 Å². The second-order valence-electron chi connectivity index (χ2n) is 4.12. The van der Waals surface area contributed by atoms with Crippen molar-refractivity contribution in [1.82, 2.24) is 4.98 Å². The fourth-order valence-electron chi connectivity index (χ4n) is 2.06. The largest absolute Gasteiger partial charge is 0.397 e. The maximum Gasteiger partial charge on any atom is 0.0939 e. The van der Waals surface area contributed by atoms with Crippen molar-refractivity contribution in [3.05, 3.63) is 47.7 Å². The van der Waals surface area contributed by atoms with E-state index in [0.29, 0.717) is 0 Å². The fraction of sp³-hybridized carbons (Fsp3) is 0.143. The van der Waals surface area contributed by atoms with E-state index in [1.54, 1.807) is 0 Å². The summed E-state index contributed by atoms with van der Waals surface area (Å²) in [6, 6.07) is 12.0. The van der Waals surface area contributed by atoms with Crippen LogP contribution in [0.1, 0.15) is 11.3 Å². The normalized spacial score (nSPS) is 13.4. The summed E-state index contributed by atoms with van der Waals surface area (Å²) in [7, 11) is 0. The average molecular weight is 223 g/mol. The van der Waals surface area contributed by atoms with Gasteiger partial charge in [-0.15, -0.1) is 0 Å². The number of aliphatic imine (C=N–C) groups is 1. The zero-order chi connectivity index (χ0) is 11.7. The van der Waals surface area contributed by atoms with Gasteiger partial charge in [-0.3, -0.25) is 4.99 Å². The SMILES string of the molecule is Nc1cc2c(nc1-c1ccccc1)C=NCC2. The molecule has 84 valence electrons. The summed E-state index contributed by atoms with van der Waals surface area (Å²) in [5.74, 6) is 0. The topological polar surface area (TPSA) is 51.3 Å². The lowest BCUT2D eigenvalue weighted by molar-refractivity contribution is 0.937. The van der Waals surface area contributed by atoms with E-state index in [-0.39, 0.29) is 0 Å². The molecule has 3 nitrogen and oxygen atoms in total. The molecule has 1 aromatic heterocycles. The van der Waals surface area contributed by atoms with Crippen molar-refractivity contribution in [3.63, 3.8) is 0 Å². The maximum absolute atomic E-state index is 6.07. The molecule has 1 aliphatic heterocycles. The van der Waals surface area contributed by atoms with Gasteiger partial charge in [-0.2, -0.15) is 0 Å². The van der Waals surface area contributed by atoms with E-state index in [9.17, 15) is 0 Å². The molecule has 0 radical (unpaired) electrons. The first kappa shape index (κ1) is 10.0. The van der Waals surface area contributed by atoms with Crippen molar-refractivity contribution in [3.8, 4) is 11.3 Å². The minimum absolute atomic E-state index is 0.741. The van der Waals surface area contributed by atoms with Crippen molar-refractivity contribution in [2.45, 2.75) is 6.42 Å². The molecule has 0 saturated heterocycles.